The summed E-state index contributed by atoms with van der Waals surface area (Å²) in [6, 6.07) is 6.58. The number of amides is 1. The topological polar surface area (TPSA) is 115 Å². The first-order valence-corrected chi connectivity index (χ1v) is 6.77. The number of nitrogen functional groups attached to an aromatic ring is 1. The van der Waals surface area contributed by atoms with Crippen molar-refractivity contribution in [2.75, 3.05) is 17.7 Å². The number of aliphatic carboxylic acids is 1. The number of nitrogens with two attached hydrogens (primary N) is 1. The molecule has 1 aromatic heterocycles. The van der Waals surface area contributed by atoms with Crippen molar-refractivity contribution in [3.63, 3.8) is 0 Å². The number of carboxylic acids is 1. The van der Waals surface area contributed by atoms with Gasteiger partial charge in [0.1, 0.15) is 10.6 Å². The fraction of sp³-hybridized carbons (Fsp3) is 0.154. The lowest BCUT2D eigenvalue weighted by molar-refractivity contribution is -0.139. The van der Waals surface area contributed by atoms with Gasteiger partial charge < -0.3 is 20.9 Å². The zero-order valence-electron chi connectivity index (χ0n) is 11.1. The van der Waals surface area contributed by atoms with Gasteiger partial charge in [-0.25, -0.2) is 9.78 Å². The summed E-state index contributed by atoms with van der Waals surface area (Å²) in [5, 5.41) is 11.6. The Morgan fingerprint density at radius 2 is 2.14 bits per heavy atom. The molecule has 7 nitrogen and oxygen atoms in total. The van der Waals surface area contributed by atoms with Crippen LogP contribution in [0.4, 0.5) is 10.8 Å². The first kappa shape index (κ1) is 14.8. The smallest absolute Gasteiger partial charge is 0.341 e. The fourth-order valence-electron chi connectivity index (χ4n) is 1.64. The molecular weight excluding hydrogens is 294 g/mol. The molecule has 0 saturated carbocycles. The van der Waals surface area contributed by atoms with Crippen LogP contribution in [-0.4, -0.2) is 28.6 Å². The van der Waals surface area contributed by atoms with Crippen LogP contribution in [0.25, 0.3) is 0 Å². The summed E-state index contributed by atoms with van der Waals surface area (Å²) in [5.74, 6) is -1.18. The molecule has 0 spiro atoms. The lowest BCUT2D eigenvalue weighted by atomic mass is 10.2. The number of hydrogen-bond donors (Lipinski definition) is 3. The molecule has 21 heavy (non-hydrogen) atoms. The first-order chi connectivity index (χ1) is 9.97. The number of carboxylic acid groups (broad SMARTS) is 1. The molecule has 1 amide bonds. The van der Waals surface area contributed by atoms with Crippen molar-refractivity contribution >= 4 is 34.0 Å². The average molecular weight is 307 g/mol. The number of carbonyl (C=O) groups is 2. The van der Waals surface area contributed by atoms with Crippen molar-refractivity contribution in [2.45, 2.75) is 6.92 Å². The van der Waals surface area contributed by atoms with Crippen molar-refractivity contribution in [1.82, 2.24) is 4.98 Å². The Morgan fingerprint density at radius 1 is 1.43 bits per heavy atom. The number of rotatable bonds is 5. The van der Waals surface area contributed by atoms with Gasteiger partial charge in [-0.1, -0.05) is 23.5 Å². The van der Waals surface area contributed by atoms with Crippen molar-refractivity contribution in [3.05, 3.63) is 34.8 Å². The van der Waals surface area contributed by atoms with E-state index in [1.807, 2.05) is 0 Å². The maximum Gasteiger partial charge on any atom is 0.341 e. The standard InChI is InChI=1S/C13H13N3O4S/c1-7-11(21-13(14)15-7)12(19)16-8-4-2-3-5-9(8)20-6-10(17)18/h2-5H,6H2,1H3,(H2,14,15)(H,16,19)(H,17,18). The van der Waals surface area contributed by atoms with E-state index in [4.69, 9.17) is 15.6 Å². The van der Waals surface area contributed by atoms with Crippen LogP contribution in [0.5, 0.6) is 5.75 Å². The number of nitrogens with one attached hydrogen (secondary N) is 1. The van der Waals surface area contributed by atoms with Crippen molar-refractivity contribution in [1.29, 1.82) is 0 Å². The molecule has 0 aliphatic rings. The summed E-state index contributed by atoms with van der Waals surface area (Å²) in [6.07, 6.45) is 0. The molecule has 0 radical (unpaired) electrons. The lowest BCUT2D eigenvalue weighted by Gasteiger charge is -2.10. The van der Waals surface area contributed by atoms with Gasteiger partial charge in [0, 0.05) is 0 Å². The van der Waals surface area contributed by atoms with E-state index in [1.165, 1.54) is 0 Å². The highest BCUT2D eigenvalue weighted by Crippen LogP contribution is 2.26. The number of nitrogens with zero attached hydrogens (tertiary/aromatic N) is 1. The van der Waals surface area contributed by atoms with Gasteiger partial charge in [0.2, 0.25) is 0 Å². The normalized spacial score (nSPS) is 10.1. The predicted octanol–water partition coefficient (Wildman–Crippen LogP) is 1.75. The molecule has 1 heterocycles. The third-order valence-electron chi connectivity index (χ3n) is 2.51. The monoisotopic (exact) mass is 307 g/mol. The number of aryl methyl sites for hydroxylation is 1. The number of hydrogen-bond acceptors (Lipinski definition) is 6. The Balaban J connectivity index is 2.17. The number of thiazole rings is 1. The van der Waals surface area contributed by atoms with E-state index in [1.54, 1.807) is 31.2 Å². The molecule has 8 heteroatoms. The van der Waals surface area contributed by atoms with Crippen LogP contribution >= 0.6 is 11.3 Å². The Labute approximate surface area is 124 Å². The van der Waals surface area contributed by atoms with Crippen LogP contribution in [0.1, 0.15) is 15.4 Å². The largest absolute Gasteiger partial charge is 0.480 e. The van der Waals surface area contributed by atoms with Gasteiger partial charge in [0.05, 0.1) is 11.4 Å². The van der Waals surface area contributed by atoms with Crippen LogP contribution in [0.15, 0.2) is 24.3 Å². The molecule has 0 bridgehead atoms. The SMILES string of the molecule is Cc1nc(N)sc1C(=O)Nc1ccccc1OCC(=O)O. The molecule has 0 atom stereocenters. The van der Waals surface area contributed by atoms with E-state index < -0.39 is 12.6 Å². The molecule has 4 N–H and O–H groups in total. The molecule has 110 valence electrons. The molecule has 1 aromatic carbocycles. The van der Waals surface area contributed by atoms with E-state index in [0.29, 0.717) is 21.4 Å². The quantitative estimate of drug-likeness (QED) is 0.775. The third kappa shape index (κ3) is 3.69. The fourth-order valence-corrected chi connectivity index (χ4v) is 2.37. The third-order valence-corrected chi connectivity index (χ3v) is 3.49. The molecule has 2 rings (SSSR count). The summed E-state index contributed by atoms with van der Waals surface area (Å²) in [5.41, 5.74) is 6.48. The van der Waals surface area contributed by atoms with Crippen LogP contribution < -0.4 is 15.8 Å². The van der Waals surface area contributed by atoms with E-state index in [9.17, 15) is 9.59 Å². The molecule has 0 unspecified atom stereocenters. The second-order valence-electron chi connectivity index (χ2n) is 4.10. The minimum Gasteiger partial charge on any atom is -0.480 e. The summed E-state index contributed by atoms with van der Waals surface area (Å²) < 4.78 is 5.12. The molecular formula is C13H13N3O4S. The van der Waals surface area contributed by atoms with Crippen LogP contribution in [-0.2, 0) is 4.79 Å². The summed E-state index contributed by atoms with van der Waals surface area (Å²) in [7, 11) is 0. The van der Waals surface area contributed by atoms with E-state index in [2.05, 4.69) is 10.3 Å². The highest BCUT2D eigenvalue weighted by atomic mass is 32.1. The van der Waals surface area contributed by atoms with Crippen LogP contribution in [0.3, 0.4) is 0 Å². The van der Waals surface area contributed by atoms with E-state index >= 15 is 0 Å². The Bertz CT molecular complexity index is 684. The molecule has 2 aromatic rings. The van der Waals surface area contributed by atoms with Gasteiger partial charge in [-0.3, -0.25) is 4.79 Å². The van der Waals surface area contributed by atoms with Gasteiger partial charge in [-0.2, -0.15) is 0 Å². The molecule has 0 fully saturated rings. The van der Waals surface area contributed by atoms with Crippen LogP contribution in [0.2, 0.25) is 0 Å². The van der Waals surface area contributed by atoms with Crippen molar-refractivity contribution < 1.29 is 19.4 Å². The Kier molecular flexibility index (Phi) is 4.39. The Hall–Kier alpha value is -2.61. The number of carbonyl (C=O) groups excluding carboxylic acids is 1. The van der Waals surface area contributed by atoms with Gasteiger partial charge in [-0.15, -0.1) is 0 Å². The zero-order valence-corrected chi connectivity index (χ0v) is 11.9. The van der Waals surface area contributed by atoms with Crippen LogP contribution in [0, 0.1) is 6.92 Å². The minimum atomic E-state index is -1.10. The molecule has 0 aliphatic carbocycles. The number of para-hydroxylation sites is 2. The summed E-state index contributed by atoms with van der Waals surface area (Å²) in [6.45, 7) is 1.20. The minimum absolute atomic E-state index is 0.281. The van der Waals surface area contributed by atoms with Gasteiger partial charge >= 0.3 is 5.97 Å². The summed E-state index contributed by atoms with van der Waals surface area (Å²) in [4.78, 5) is 27.1. The predicted molar refractivity (Wildman–Crippen MR) is 78.8 cm³/mol. The average Bonchev–Trinajstić information content (AvgIpc) is 2.76. The second kappa shape index (κ2) is 6.23. The first-order valence-electron chi connectivity index (χ1n) is 5.95. The highest BCUT2D eigenvalue weighted by Gasteiger charge is 2.16. The zero-order chi connectivity index (χ0) is 15.4. The maximum absolute atomic E-state index is 12.2. The second-order valence-corrected chi connectivity index (χ2v) is 5.13. The summed E-state index contributed by atoms with van der Waals surface area (Å²) >= 11 is 1.09. The van der Waals surface area contributed by atoms with Crippen molar-refractivity contribution in [2.24, 2.45) is 0 Å². The molecule has 0 aliphatic heterocycles. The number of ether oxygens (including phenoxy) is 1. The van der Waals surface area contributed by atoms with E-state index in [0.717, 1.165) is 11.3 Å². The number of anilines is 2. The highest BCUT2D eigenvalue weighted by molar-refractivity contribution is 7.17. The lowest BCUT2D eigenvalue weighted by Crippen LogP contribution is -2.14. The van der Waals surface area contributed by atoms with Crippen molar-refractivity contribution in [3.8, 4) is 5.75 Å². The molecule has 0 saturated heterocycles. The number of benzene rings is 1. The van der Waals surface area contributed by atoms with Gasteiger partial charge in [0.25, 0.3) is 5.91 Å². The maximum atomic E-state index is 12.2. The van der Waals surface area contributed by atoms with Gasteiger partial charge in [-0.05, 0) is 19.1 Å². The Morgan fingerprint density at radius 3 is 2.76 bits per heavy atom. The van der Waals surface area contributed by atoms with Gasteiger partial charge in [0.15, 0.2) is 11.7 Å². The number of aromatic nitrogens is 1. The van der Waals surface area contributed by atoms with E-state index in [-0.39, 0.29) is 11.7 Å².